The summed E-state index contributed by atoms with van der Waals surface area (Å²) in [7, 11) is 0. The first-order chi connectivity index (χ1) is 13.4. The van der Waals surface area contributed by atoms with E-state index in [0.29, 0.717) is 16.6 Å². The van der Waals surface area contributed by atoms with Crippen LogP contribution in [-0.4, -0.2) is 33.6 Å². The van der Waals surface area contributed by atoms with Crippen molar-refractivity contribution in [3.05, 3.63) is 51.4 Å². The molecule has 0 spiro atoms. The topological polar surface area (TPSA) is 79.6 Å². The van der Waals surface area contributed by atoms with Crippen LogP contribution in [0.15, 0.2) is 29.2 Å². The molecule has 0 aliphatic carbocycles. The lowest BCUT2D eigenvalue weighted by Crippen LogP contribution is -2.34. The molecule has 28 heavy (non-hydrogen) atoms. The summed E-state index contributed by atoms with van der Waals surface area (Å²) in [6.07, 6.45) is 3.67. The highest BCUT2D eigenvalue weighted by molar-refractivity contribution is 7.20. The number of anilines is 2. The fraction of sp³-hybridized carbons (Fsp3) is 0.400. The Bertz CT molecular complexity index is 1100. The maximum atomic E-state index is 12.8. The van der Waals surface area contributed by atoms with Crippen molar-refractivity contribution in [3.8, 4) is 0 Å². The van der Waals surface area contributed by atoms with E-state index in [-0.39, 0.29) is 5.56 Å². The molecule has 8 heteroatoms. The molecule has 0 radical (unpaired) electrons. The number of fused-ring (bicyclic) bond motifs is 1. The first-order valence-electron chi connectivity index (χ1n) is 9.45. The van der Waals surface area contributed by atoms with E-state index in [0.717, 1.165) is 35.8 Å². The molecule has 4 rings (SSSR count). The standard InChI is InChI=1S/C20H23N5O2S/c1-12-5-4-8-24(11-12)20-23-25-18(27)16(10-21-19(25)28-20)17(26)22-15-7-6-13(2)14(3)9-15/h6-7,9-10,12H,4-5,8,11H2,1-3H3,(H,22,26)/t12-/m1/s1. The van der Waals surface area contributed by atoms with Crippen molar-refractivity contribution >= 4 is 33.0 Å². The van der Waals surface area contributed by atoms with E-state index in [1.54, 1.807) is 0 Å². The summed E-state index contributed by atoms with van der Waals surface area (Å²) in [5, 5.41) is 8.01. The molecule has 0 saturated carbocycles. The molecule has 1 N–H and O–H groups in total. The van der Waals surface area contributed by atoms with E-state index in [9.17, 15) is 9.59 Å². The third-order valence-electron chi connectivity index (χ3n) is 5.21. The predicted octanol–water partition coefficient (Wildman–Crippen LogP) is 3.26. The maximum Gasteiger partial charge on any atom is 0.288 e. The largest absolute Gasteiger partial charge is 0.346 e. The van der Waals surface area contributed by atoms with Crippen LogP contribution in [0, 0.1) is 19.8 Å². The van der Waals surface area contributed by atoms with Crippen LogP contribution in [0.2, 0.25) is 0 Å². The number of benzene rings is 1. The second-order valence-electron chi connectivity index (χ2n) is 7.50. The molecular formula is C20H23N5O2S. The van der Waals surface area contributed by atoms with Gasteiger partial charge in [0.2, 0.25) is 10.1 Å². The van der Waals surface area contributed by atoms with Crippen LogP contribution in [0.4, 0.5) is 10.8 Å². The second-order valence-corrected chi connectivity index (χ2v) is 8.44. The number of aromatic nitrogens is 3. The van der Waals surface area contributed by atoms with Gasteiger partial charge in [0.05, 0.1) is 0 Å². The highest BCUT2D eigenvalue weighted by Crippen LogP contribution is 2.26. The Morgan fingerprint density at radius 3 is 2.86 bits per heavy atom. The highest BCUT2D eigenvalue weighted by atomic mass is 32.1. The number of carbonyl (C=O) groups is 1. The Morgan fingerprint density at radius 1 is 1.29 bits per heavy atom. The van der Waals surface area contributed by atoms with Gasteiger partial charge in [0, 0.05) is 25.0 Å². The molecule has 1 aliphatic heterocycles. The first kappa shape index (κ1) is 18.6. The van der Waals surface area contributed by atoms with Crippen molar-refractivity contribution in [2.45, 2.75) is 33.6 Å². The zero-order chi connectivity index (χ0) is 19.8. The number of hydrogen-bond acceptors (Lipinski definition) is 6. The minimum absolute atomic E-state index is 0.0143. The molecule has 7 nitrogen and oxygen atoms in total. The minimum atomic E-state index is -0.476. The lowest BCUT2D eigenvalue weighted by atomic mass is 10.0. The molecule has 1 fully saturated rings. The van der Waals surface area contributed by atoms with Gasteiger partial charge < -0.3 is 10.2 Å². The molecule has 0 bridgehead atoms. The van der Waals surface area contributed by atoms with E-state index in [4.69, 9.17) is 0 Å². The van der Waals surface area contributed by atoms with Crippen molar-refractivity contribution in [3.63, 3.8) is 0 Å². The third kappa shape index (κ3) is 3.52. The fourth-order valence-corrected chi connectivity index (χ4v) is 4.34. The van der Waals surface area contributed by atoms with Gasteiger partial charge >= 0.3 is 0 Å². The van der Waals surface area contributed by atoms with Gasteiger partial charge in [0.15, 0.2) is 0 Å². The van der Waals surface area contributed by atoms with Crippen molar-refractivity contribution in [1.29, 1.82) is 0 Å². The number of nitrogens with one attached hydrogen (secondary N) is 1. The summed E-state index contributed by atoms with van der Waals surface area (Å²) in [4.78, 5) is 32.5. The molecule has 3 heterocycles. The van der Waals surface area contributed by atoms with Crippen LogP contribution in [-0.2, 0) is 0 Å². The molecule has 1 saturated heterocycles. The number of carbonyl (C=O) groups excluding carboxylic acids is 1. The number of hydrogen-bond donors (Lipinski definition) is 1. The lowest BCUT2D eigenvalue weighted by Gasteiger charge is -2.30. The van der Waals surface area contributed by atoms with Gasteiger partial charge in [-0.15, -0.1) is 5.10 Å². The first-order valence-corrected chi connectivity index (χ1v) is 10.3. The van der Waals surface area contributed by atoms with Crippen LogP contribution in [0.3, 0.4) is 0 Å². The van der Waals surface area contributed by atoms with Gasteiger partial charge in [-0.1, -0.05) is 24.3 Å². The monoisotopic (exact) mass is 397 g/mol. The lowest BCUT2D eigenvalue weighted by molar-refractivity contribution is 0.102. The summed E-state index contributed by atoms with van der Waals surface area (Å²) in [5.41, 5.74) is 2.41. The Balaban J connectivity index is 1.62. The fourth-order valence-electron chi connectivity index (χ4n) is 3.44. The van der Waals surface area contributed by atoms with Gasteiger partial charge in [-0.3, -0.25) is 9.59 Å². The molecule has 1 aliphatic rings. The predicted molar refractivity (Wildman–Crippen MR) is 112 cm³/mol. The molecule has 1 aromatic carbocycles. The summed E-state index contributed by atoms with van der Waals surface area (Å²) >= 11 is 1.38. The van der Waals surface area contributed by atoms with Crippen LogP contribution < -0.4 is 15.8 Å². The number of aryl methyl sites for hydroxylation is 2. The van der Waals surface area contributed by atoms with Gasteiger partial charge in [0.25, 0.3) is 11.5 Å². The maximum absolute atomic E-state index is 12.8. The van der Waals surface area contributed by atoms with Crippen molar-refractivity contribution in [1.82, 2.24) is 14.6 Å². The zero-order valence-corrected chi connectivity index (χ0v) is 17.0. The summed E-state index contributed by atoms with van der Waals surface area (Å²) in [5.74, 6) is 0.126. The molecular weight excluding hydrogens is 374 g/mol. The Kier molecular flexibility index (Phi) is 4.89. The Labute approximate surface area is 167 Å². The Hall–Kier alpha value is -2.74. The molecule has 1 atom stereocenters. The van der Waals surface area contributed by atoms with E-state index >= 15 is 0 Å². The smallest absolute Gasteiger partial charge is 0.288 e. The van der Waals surface area contributed by atoms with Crippen LogP contribution >= 0.6 is 11.3 Å². The van der Waals surface area contributed by atoms with E-state index in [1.165, 1.54) is 28.5 Å². The number of piperidine rings is 1. The van der Waals surface area contributed by atoms with Crippen LogP contribution in [0.25, 0.3) is 4.96 Å². The van der Waals surface area contributed by atoms with E-state index in [1.807, 2.05) is 32.0 Å². The molecule has 3 aromatic rings. The normalized spacial score (nSPS) is 17.1. The zero-order valence-electron chi connectivity index (χ0n) is 16.2. The second kappa shape index (κ2) is 7.35. The quantitative estimate of drug-likeness (QED) is 0.734. The molecule has 146 valence electrons. The third-order valence-corrected chi connectivity index (χ3v) is 6.20. The summed E-state index contributed by atoms with van der Waals surface area (Å²) in [6.45, 7) is 8.06. The van der Waals surface area contributed by atoms with Gasteiger partial charge in [-0.2, -0.15) is 4.52 Å². The number of nitrogens with zero attached hydrogens (tertiary/aromatic N) is 4. The van der Waals surface area contributed by atoms with Crippen molar-refractivity contribution < 1.29 is 4.79 Å². The van der Waals surface area contributed by atoms with E-state index in [2.05, 4.69) is 27.2 Å². The molecule has 1 amide bonds. The van der Waals surface area contributed by atoms with Gasteiger partial charge in [-0.05, 0) is 55.9 Å². The van der Waals surface area contributed by atoms with Gasteiger partial charge in [0.1, 0.15) is 5.56 Å². The number of amides is 1. The van der Waals surface area contributed by atoms with E-state index < -0.39 is 11.5 Å². The van der Waals surface area contributed by atoms with Crippen molar-refractivity contribution in [2.75, 3.05) is 23.3 Å². The summed E-state index contributed by atoms with van der Waals surface area (Å²) < 4.78 is 1.24. The molecule has 2 aromatic heterocycles. The van der Waals surface area contributed by atoms with Crippen LogP contribution in [0.5, 0.6) is 0 Å². The number of rotatable bonds is 3. The summed E-state index contributed by atoms with van der Waals surface area (Å²) in [6, 6.07) is 5.64. The van der Waals surface area contributed by atoms with Gasteiger partial charge in [-0.25, -0.2) is 4.98 Å². The minimum Gasteiger partial charge on any atom is -0.346 e. The average Bonchev–Trinajstić information content (AvgIpc) is 3.10. The highest BCUT2D eigenvalue weighted by Gasteiger charge is 2.22. The SMILES string of the molecule is Cc1ccc(NC(=O)c2cnc3sc(N4CCC[C@@H](C)C4)nn3c2=O)cc1C. The average molecular weight is 398 g/mol. The van der Waals surface area contributed by atoms with Crippen LogP contribution in [0.1, 0.15) is 41.3 Å². The Morgan fingerprint density at radius 2 is 2.11 bits per heavy atom. The molecule has 0 unspecified atom stereocenters. The van der Waals surface area contributed by atoms with Crippen molar-refractivity contribution in [2.24, 2.45) is 5.92 Å².